The number of hydrogen-bond donors (Lipinski definition) is 1. The van der Waals surface area contributed by atoms with Crippen LogP contribution in [0.3, 0.4) is 0 Å². The third-order valence-electron chi connectivity index (χ3n) is 5.15. The van der Waals surface area contributed by atoms with Crippen molar-refractivity contribution < 1.29 is 19.1 Å². The Labute approximate surface area is 192 Å². The fourth-order valence-corrected chi connectivity index (χ4v) is 4.60. The molecular weight excluding hydrogens is 442 g/mol. The van der Waals surface area contributed by atoms with Gasteiger partial charge in [0.25, 0.3) is 0 Å². The van der Waals surface area contributed by atoms with Gasteiger partial charge in [-0.15, -0.1) is 11.3 Å². The van der Waals surface area contributed by atoms with Crippen LogP contribution in [0.5, 0.6) is 0 Å². The van der Waals surface area contributed by atoms with Crippen molar-refractivity contribution in [2.45, 2.75) is 20.1 Å². The summed E-state index contributed by atoms with van der Waals surface area (Å²) < 4.78 is 12.2. The van der Waals surface area contributed by atoms with Gasteiger partial charge in [-0.3, -0.25) is 9.59 Å². The van der Waals surface area contributed by atoms with Gasteiger partial charge in [0.2, 0.25) is 0 Å². The molecule has 0 aliphatic heterocycles. The number of para-hydroxylation sites is 2. The molecule has 2 N–H and O–H groups in total. The van der Waals surface area contributed by atoms with Crippen molar-refractivity contribution in [3.05, 3.63) is 74.8 Å². The first kappa shape index (κ1) is 22.0. The molecule has 0 aliphatic rings. The molecule has 0 amide bonds. The molecule has 8 nitrogen and oxygen atoms in total. The van der Waals surface area contributed by atoms with Gasteiger partial charge in [0.05, 0.1) is 23.2 Å². The highest BCUT2D eigenvalue weighted by molar-refractivity contribution is 7.18. The molecule has 33 heavy (non-hydrogen) atoms. The van der Waals surface area contributed by atoms with Gasteiger partial charge >= 0.3 is 11.9 Å². The number of nitrogens with two attached hydrogens (primary N) is 1. The second-order valence-corrected chi connectivity index (χ2v) is 8.14. The maximum Gasteiger partial charge on any atom is 0.348 e. The standard InChI is InChI=1S/C24H19N3O5S/c1-2-31-24(30)22-17(16(11-25)23(26)33-22)13-32-20(28)12-27-18-9-5-3-7-14(18)21(29)15-8-4-6-10-19(15)27/h3-10H,2,12-13,26H2,1H3. The molecule has 0 saturated heterocycles. The average Bonchev–Trinajstić information content (AvgIpc) is 3.15. The molecule has 0 aliphatic carbocycles. The van der Waals surface area contributed by atoms with Crippen molar-refractivity contribution in [2.75, 3.05) is 12.3 Å². The van der Waals surface area contributed by atoms with E-state index in [1.54, 1.807) is 60.0 Å². The van der Waals surface area contributed by atoms with E-state index in [-0.39, 0.29) is 46.2 Å². The highest BCUT2D eigenvalue weighted by Gasteiger charge is 2.24. The lowest BCUT2D eigenvalue weighted by atomic mass is 10.1. The minimum Gasteiger partial charge on any atom is -0.462 e. The van der Waals surface area contributed by atoms with Crippen molar-refractivity contribution in [3.8, 4) is 6.07 Å². The first-order valence-corrected chi connectivity index (χ1v) is 10.9. The second kappa shape index (κ2) is 9.14. The third kappa shape index (κ3) is 4.04. The lowest BCUT2D eigenvalue weighted by Crippen LogP contribution is -2.18. The highest BCUT2D eigenvalue weighted by Crippen LogP contribution is 2.32. The Morgan fingerprint density at radius 2 is 1.67 bits per heavy atom. The van der Waals surface area contributed by atoms with Crippen molar-refractivity contribution in [1.29, 1.82) is 5.26 Å². The van der Waals surface area contributed by atoms with Crippen LogP contribution in [0.1, 0.15) is 27.7 Å². The first-order valence-electron chi connectivity index (χ1n) is 10.1. The average molecular weight is 461 g/mol. The number of nitrogens with zero attached hydrogens (tertiary/aromatic N) is 2. The van der Waals surface area contributed by atoms with Gasteiger partial charge in [-0.1, -0.05) is 24.3 Å². The number of benzene rings is 2. The lowest BCUT2D eigenvalue weighted by molar-refractivity contribution is -0.145. The molecule has 9 heteroatoms. The normalized spacial score (nSPS) is 10.8. The van der Waals surface area contributed by atoms with Crippen molar-refractivity contribution in [2.24, 2.45) is 0 Å². The molecule has 0 unspecified atom stereocenters. The molecule has 4 aromatic rings. The Kier molecular flexibility index (Phi) is 6.11. The van der Waals surface area contributed by atoms with E-state index >= 15 is 0 Å². The second-order valence-electron chi connectivity index (χ2n) is 7.09. The van der Waals surface area contributed by atoms with Gasteiger partial charge in [0.1, 0.15) is 29.1 Å². The molecule has 2 heterocycles. The van der Waals surface area contributed by atoms with Crippen LogP contribution < -0.4 is 11.2 Å². The summed E-state index contributed by atoms with van der Waals surface area (Å²) >= 11 is 0.924. The number of esters is 2. The lowest BCUT2D eigenvalue weighted by Gasteiger charge is -2.15. The molecule has 0 bridgehead atoms. The maximum absolute atomic E-state index is 12.8. The number of thiophene rings is 1. The van der Waals surface area contributed by atoms with Crippen LogP contribution in [0.15, 0.2) is 53.3 Å². The molecule has 0 radical (unpaired) electrons. The smallest absolute Gasteiger partial charge is 0.348 e. The minimum absolute atomic E-state index is 0.0927. The number of carbonyl (C=O) groups excluding carboxylic acids is 2. The van der Waals surface area contributed by atoms with E-state index in [2.05, 4.69) is 0 Å². The predicted molar refractivity (Wildman–Crippen MR) is 125 cm³/mol. The zero-order chi connectivity index (χ0) is 23.5. The Hall–Kier alpha value is -4.16. The summed E-state index contributed by atoms with van der Waals surface area (Å²) in [6.07, 6.45) is 0. The van der Waals surface area contributed by atoms with Gasteiger partial charge < -0.3 is 19.8 Å². The van der Waals surface area contributed by atoms with Crippen LogP contribution in [-0.4, -0.2) is 23.1 Å². The summed E-state index contributed by atoms with van der Waals surface area (Å²) in [7, 11) is 0. The number of fused-ring (bicyclic) bond motifs is 2. The van der Waals surface area contributed by atoms with E-state index in [9.17, 15) is 19.6 Å². The predicted octanol–water partition coefficient (Wildman–Crippen LogP) is 3.59. The van der Waals surface area contributed by atoms with Crippen LogP contribution in [0.4, 0.5) is 5.00 Å². The molecule has 4 rings (SSSR count). The van der Waals surface area contributed by atoms with Gasteiger partial charge in [-0.2, -0.15) is 5.26 Å². The summed E-state index contributed by atoms with van der Waals surface area (Å²) in [5, 5.41) is 10.6. The van der Waals surface area contributed by atoms with Crippen LogP contribution in [0, 0.1) is 11.3 Å². The molecule has 2 aromatic carbocycles. The summed E-state index contributed by atoms with van der Waals surface area (Å²) in [4.78, 5) is 38.1. The number of nitriles is 1. The first-order chi connectivity index (χ1) is 16.0. The Morgan fingerprint density at radius 3 is 2.24 bits per heavy atom. The Morgan fingerprint density at radius 1 is 1.06 bits per heavy atom. The summed E-state index contributed by atoms with van der Waals surface area (Å²) in [6.45, 7) is 1.35. The van der Waals surface area contributed by atoms with E-state index in [0.29, 0.717) is 21.8 Å². The van der Waals surface area contributed by atoms with Crippen molar-refractivity contribution in [1.82, 2.24) is 4.57 Å². The van der Waals surface area contributed by atoms with Gasteiger partial charge in [0, 0.05) is 16.3 Å². The fraction of sp³-hybridized carbons (Fsp3) is 0.167. The van der Waals surface area contributed by atoms with Crippen molar-refractivity contribution in [3.63, 3.8) is 0 Å². The number of carbonyl (C=O) groups is 2. The molecule has 0 atom stereocenters. The monoisotopic (exact) mass is 461 g/mol. The Bertz CT molecular complexity index is 1440. The van der Waals surface area contributed by atoms with Gasteiger partial charge in [-0.25, -0.2) is 4.79 Å². The largest absolute Gasteiger partial charge is 0.462 e. The third-order valence-corrected chi connectivity index (χ3v) is 6.19. The van der Waals surface area contributed by atoms with E-state index in [4.69, 9.17) is 15.2 Å². The van der Waals surface area contributed by atoms with Gasteiger partial charge in [0.15, 0.2) is 5.43 Å². The van der Waals surface area contributed by atoms with Crippen molar-refractivity contribution >= 4 is 50.1 Å². The number of pyridine rings is 1. The van der Waals surface area contributed by atoms with Crippen LogP contribution in [0.25, 0.3) is 21.8 Å². The van der Waals surface area contributed by atoms with Gasteiger partial charge in [-0.05, 0) is 31.2 Å². The topological polar surface area (TPSA) is 124 Å². The number of aromatic nitrogens is 1. The molecule has 0 saturated carbocycles. The molecule has 2 aromatic heterocycles. The zero-order valence-electron chi connectivity index (χ0n) is 17.7. The number of hydrogen-bond acceptors (Lipinski definition) is 8. The number of ether oxygens (including phenoxy) is 2. The summed E-state index contributed by atoms with van der Waals surface area (Å²) in [6, 6.07) is 16.0. The maximum atomic E-state index is 12.8. The number of nitrogen functional groups attached to an aromatic ring is 1. The molecule has 0 fully saturated rings. The van der Waals surface area contributed by atoms with E-state index in [1.807, 2.05) is 6.07 Å². The SMILES string of the molecule is CCOC(=O)c1sc(N)c(C#N)c1COC(=O)Cn1c2ccccc2c(=O)c2ccccc21. The Balaban J connectivity index is 1.66. The zero-order valence-corrected chi connectivity index (χ0v) is 18.5. The summed E-state index contributed by atoms with van der Waals surface area (Å²) in [5.41, 5.74) is 7.27. The molecule has 166 valence electrons. The van der Waals surface area contributed by atoms with E-state index in [0.717, 1.165) is 11.3 Å². The quantitative estimate of drug-likeness (QED) is 0.344. The number of rotatable bonds is 6. The highest BCUT2D eigenvalue weighted by atomic mass is 32.1. The molecule has 0 spiro atoms. The number of anilines is 1. The minimum atomic E-state index is -0.626. The van der Waals surface area contributed by atoms with Crippen LogP contribution in [0.2, 0.25) is 0 Å². The van der Waals surface area contributed by atoms with E-state index < -0.39 is 11.9 Å². The van der Waals surface area contributed by atoms with E-state index in [1.165, 1.54) is 0 Å². The van der Waals surface area contributed by atoms with Crippen LogP contribution in [-0.2, 0) is 27.4 Å². The van der Waals surface area contributed by atoms with Crippen LogP contribution >= 0.6 is 11.3 Å². The summed E-state index contributed by atoms with van der Waals surface area (Å²) in [5.74, 6) is -1.23. The molecular formula is C24H19N3O5S. The fourth-order valence-electron chi connectivity index (χ4n) is 3.68.